The first-order valence-corrected chi connectivity index (χ1v) is 8.21. The predicted octanol–water partition coefficient (Wildman–Crippen LogP) is 3.96. The maximum atomic E-state index is 12.1. The van der Waals surface area contributed by atoms with Gasteiger partial charge in [0, 0.05) is 0 Å². The number of benzene rings is 1. The number of hydrogen-bond donors (Lipinski definition) is 0. The average Bonchev–Trinajstić information content (AvgIpc) is 2.68. The van der Waals surface area contributed by atoms with E-state index in [9.17, 15) is 14.4 Å². The molecule has 0 N–H and O–H groups in total. The number of allylic oxidation sites excluding steroid dienone is 3. The third kappa shape index (κ3) is 6.47. The predicted molar refractivity (Wildman–Crippen MR) is 98.2 cm³/mol. The lowest BCUT2D eigenvalue weighted by Crippen LogP contribution is -2.17. The zero-order valence-electron chi connectivity index (χ0n) is 15.5. The van der Waals surface area contributed by atoms with E-state index >= 15 is 0 Å². The molecule has 0 fully saturated rings. The quantitative estimate of drug-likeness (QED) is 0.170. The van der Waals surface area contributed by atoms with Crippen molar-refractivity contribution in [2.24, 2.45) is 0 Å². The van der Waals surface area contributed by atoms with Gasteiger partial charge in [0.05, 0.1) is 13.7 Å². The second kappa shape index (κ2) is 11.3. The molecule has 0 unspecified atom stereocenters. The van der Waals surface area contributed by atoms with Gasteiger partial charge < -0.3 is 18.9 Å². The maximum absolute atomic E-state index is 12.1. The van der Waals surface area contributed by atoms with Gasteiger partial charge in [0.25, 0.3) is 0 Å². The van der Waals surface area contributed by atoms with Crippen molar-refractivity contribution in [2.75, 3.05) is 13.7 Å². The Balaban J connectivity index is 2.96. The van der Waals surface area contributed by atoms with E-state index in [0.29, 0.717) is 6.42 Å². The summed E-state index contributed by atoms with van der Waals surface area (Å²) in [7, 11) is 1.21. The summed E-state index contributed by atoms with van der Waals surface area (Å²) in [5.74, 6) is -1.42. The zero-order valence-corrected chi connectivity index (χ0v) is 15.5. The van der Waals surface area contributed by atoms with Crippen LogP contribution in [-0.4, -0.2) is 31.8 Å². The van der Waals surface area contributed by atoms with Gasteiger partial charge in [0.2, 0.25) is 0 Å². The van der Waals surface area contributed by atoms with Crippen molar-refractivity contribution in [1.29, 1.82) is 0 Å². The average molecular weight is 374 g/mol. The number of para-hydroxylation sites is 1. The molecule has 0 aliphatic rings. The normalized spacial score (nSPS) is 11.4. The molecule has 0 aliphatic carbocycles. The Kier molecular flexibility index (Phi) is 9.08. The van der Waals surface area contributed by atoms with Crippen molar-refractivity contribution in [3.05, 3.63) is 66.0 Å². The lowest BCUT2D eigenvalue weighted by atomic mass is 10.2. The lowest BCUT2D eigenvalue weighted by Gasteiger charge is -2.12. The number of esters is 2. The highest BCUT2D eigenvalue weighted by molar-refractivity contribution is 5.94. The highest BCUT2D eigenvalue weighted by atomic mass is 16.7. The van der Waals surface area contributed by atoms with E-state index in [1.807, 2.05) is 6.92 Å². The molecule has 0 aliphatic heterocycles. The van der Waals surface area contributed by atoms with Crippen LogP contribution >= 0.6 is 0 Å². The van der Waals surface area contributed by atoms with E-state index in [2.05, 4.69) is 11.3 Å². The Morgan fingerprint density at radius 3 is 2.48 bits per heavy atom. The van der Waals surface area contributed by atoms with E-state index in [1.54, 1.807) is 19.1 Å². The summed E-state index contributed by atoms with van der Waals surface area (Å²) >= 11 is 0. The first-order valence-electron chi connectivity index (χ1n) is 8.21. The van der Waals surface area contributed by atoms with Gasteiger partial charge >= 0.3 is 18.1 Å². The first kappa shape index (κ1) is 21.7. The second-order valence-corrected chi connectivity index (χ2v) is 5.05. The maximum Gasteiger partial charge on any atom is 0.519 e. The molecule has 0 spiro atoms. The molecule has 0 bridgehead atoms. The third-order valence-electron chi connectivity index (χ3n) is 3.15. The smallest absolute Gasteiger partial charge is 0.465 e. The van der Waals surface area contributed by atoms with Gasteiger partial charge in [-0.25, -0.2) is 14.4 Å². The summed E-state index contributed by atoms with van der Waals surface area (Å²) in [6.45, 7) is 7.19. The minimum absolute atomic E-state index is 0.0131. The number of carbonyl (C=O) groups is 3. The first-order chi connectivity index (χ1) is 13.0. The highest BCUT2D eigenvalue weighted by Crippen LogP contribution is 2.21. The monoisotopic (exact) mass is 374 g/mol. The SMILES string of the molecule is C=C/C=C(C(=O)OCCC)\C(=C/C)OC(=O)Oc1ccccc1C(=O)OC. The van der Waals surface area contributed by atoms with Crippen LogP contribution in [0.2, 0.25) is 0 Å². The molecule has 0 atom stereocenters. The molecule has 0 saturated heterocycles. The van der Waals surface area contributed by atoms with Gasteiger partial charge in [0.15, 0.2) is 0 Å². The second-order valence-electron chi connectivity index (χ2n) is 5.05. The number of hydrogen-bond acceptors (Lipinski definition) is 7. The fourth-order valence-corrected chi connectivity index (χ4v) is 1.95. The van der Waals surface area contributed by atoms with Gasteiger partial charge in [-0.3, -0.25) is 0 Å². The van der Waals surface area contributed by atoms with Gasteiger partial charge in [0.1, 0.15) is 22.6 Å². The lowest BCUT2D eigenvalue weighted by molar-refractivity contribution is -0.139. The molecule has 0 radical (unpaired) electrons. The molecule has 7 heteroatoms. The summed E-state index contributed by atoms with van der Waals surface area (Å²) < 4.78 is 19.9. The van der Waals surface area contributed by atoms with E-state index in [4.69, 9.17) is 14.2 Å². The molecule has 7 nitrogen and oxygen atoms in total. The molecule has 1 rings (SSSR count). The van der Waals surface area contributed by atoms with E-state index in [0.717, 1.165) is 0 Å². The molecule has 0 amide bonds. The van der Waals surface area contributed by atoms with Crippen LogP contribution < -0.4 is 4.74 Å². The molecular formula is C20H22O7. The fraction of sp³-hybridized carbons (Fsp3) is 0.250. The van der Waals surface area contributed by atoms with E-state index in [1.165, 1.54) is 37.5 Å². The van der Waals surface area contributed by atoms with Crippen LogP contribution in [0.25, 0.3) is 0 Å². The van der Waals surface area contributed by atoms with Crippen molar-refractivity contribution < 1.29 is 33.3 Å². The van der Waals surface area contributed by atoms with Gasteiger partial charge in [-0.15, -0.1) is 0 Å². The van der Waals surface area contributed by atoms with Crippen molar-refractivity contribution in [3.63, 3.8) is 0 Å². The Morgan fingerprint density at radius 2 is 1.89 bits per heavy atom. The molecule has 1 aromatic carbocycles. The van der Waals surface area contributed by atoms with Crippen LogP contribution in [0.15, 0.2) is 60.4 Å². The molecule has 27 heavy (non-hydrogen) atoms. The van der Waals surface area contributed by atoms with Crippen LogP contribution in [-0.2, 0) is 19.0 Å². The Labute approximate surface area is 157 Å². The molecule has 1 aromatic rings. The Bertz CT molecular complexity index is 759. The minimum atomic E-state index is -1.13. The standard InChI is InChI=1S/C20H22O7/c1-5-10-14(19(22)25-13-6-2)16(7-3)26-20(23)27-17-12-9-8-11-15(17)18(21)24-4/h5,7-12H,1,6,13H2,2-4H3/b14-10+,16-7+. The van der Waals surface area contributed by atoms with Crippen LogP contribution in [0.5, 0.6) is 5.75 Å². The van der Waals surface area contributed by atoms with Gasteiger partial charge in [-0.05, 0) is 37.6 Å². The topological polar surface area (TPSA) is 88.1 Å². The summed E-state index contributed by atoms with van der Waals surface area (Å²) in [6.07, 6.45) is 3.66. The van der Waals surface area contributed by atoms with Crippen LogP contribution in [0.3, 0.4) is 0 Å². The van der Waals surface area contributed by atoms with Crippen LogP contribution in [0.1, 0.15) is 30.6 Å². The van der Waals surface area contributed by atoms with Crippen molar-refractivity contribution in [2.45, 2.75) is 20.3 Å². The van der Waals surface area contributed by atoms with E-state index < -0.39 is 18.1 Å². The van der Waals surface area contributed by atoms with Crippen molar-refractivity contribution in [1.82, 2.24) is 0 Å². The fourth-order valence-electron chi connectivity index (χ4n) is 1.95. The number of methoxy groups -OCH3 is 1. The Hall–Kier alpha value is -3.35. The van der Waals surface area contributed by atoms with Crippen LogP contribution in [0.4, 0.5) is 4.79 Å². The number of carbonyl (C=O) groups excluding carboxylic acids is 3. The van der Waals surface area contributed by atoms with Gasteiger partial charge in [-0.2, -0.15) is 0 Å². The van der Waals surface area contributed by atoms with Crippen molar-refractivity contribution >= 4 is 18.1 Å². The van der Waals surface area contributed by atoms with Gasteiger partial charge in [-0.1, -0.05) is 31.7 Å². The zero-order chi connectivity index (χ0) is 20.2. The Morgan fingerprint density at radius 1 is 1.19 bits per heavy atom. The molecule has 144 valence electrons. The molecular weight excluding hydrogens is 352 g/mol. The van der Waals surface area contributed by atoms with Crippen molar-refractivity contribution in [3.8, 4) is 5.75 Å². The largest absolute Gasteiger partial charge is 0.519 e. The summed E-state index contributed by atoms with van der Waals surface area (Å²) in [4.78, 5) is 36.0. The summed E-state index contributed by atoms with van der Waals surface area (Å²) in [6, 6.07) is 6.03. The minimum Gasteiger partial charge on any atom is -0.465 e. The summed E-state index contributed by atoms with van der Waals surface area (Å²) in [5, 5.41) is 0. The molecule has 0 saturated carbocycles. The van der Waals surface area contributed by atoms with Crippen LogP contribution in [0, 0.1) is 0 Å². The molecule has 0 aromatic heterocycles. The number of rotatable bonds is 8. The third-order valence-corrected chi connectivity index (χ3v) is 3.15. The molecule has 0 heterocycles. The summed E-state index contributed by atoms with van der Waals surface area (Å²) in [5.41, 5.74) is 0.0716. The van der Waals surface area contributed by atoms with E-state index in [-0.39, 0.29) is 29.3 Å². The highest BCUT2D eigenvalue weighted by Gasteiger charge is 2.22. The number of ether oxygens (including phenoxy) is 4.